The van der Waals surface area contributed by atoms with E-state index in [9.17, 15) is 4.79 Å². The van der Waals surface area contributed by atoms with E-state index in [1.54, 1.807) is 13.2 Å². The molecule has 0 radical (unpaired) electrons. The minimum atomic E-state index is 0. The van der Waals surface area contributed by atoms with E-state index in [0.717, 1.165) is 44.1 Å². The van der Waals surface area contributed by atoms with E-state index in [4.69, 9.17) is 11.6 Å². The number of hydrogen-bond acceptors (Lipinski definition) is 4. The second-order valence-corrected chi connectivity index (χ2v) is 6.86. The minimum absolute atomic E-state index is 0. The number of guanidine groups is 1. The zero-order chi connectivity index (χ0) is 17.6. The van der Waals surface area contributed by atoms with Crippen LogP contribution in [0.2, 0.25) is 5.02 Å². The van der Waals surface area contributed by atoms with Crippen molar-refractivity contribution in [2.24, 2.45) is 10.9 Å². The molecule has 1 atom stereocenters. The van der Waals surface area contributed by atoms with E-state index in [1.807, 2.05) is 12.1 Å². The lowest BCUT2D eigenvalue weighted by atomic mass is 10.3. The second-order valence-electron chi connectivity index (χ2n) is 6.45. The van der Waals surface area contributed by atoms with Gasteiger partial charge in [0.25, 0.3) is 0 Å². The molecule has 0 bridgehead atoms. The van der Waals surface area contributed by atoms with Crippen molar-refractivity contribution in [3.63, 3.8) is 0 Å². The summed E-state index contributed by atoms with van der Waals surface area (Å²) < 4.78 is 0. The maximum absolute atomic E-state index is 11.6. The van der Waals surface area contributed by atoms with Crippen molar-refractivity contribution in [2.75, 3.05) is 38.1 Å². The summed E-state index contributed by atoms with van der Waals surface area (Å²) in [6.07, 6.45) is 4.81. The van der Waals surface area contributed by atoms with E-state index in [1.165, 1.54) is 0 Å². The van der Waals surface area contributed by atoms with Gasteiger partial charge in [0.15, 0.2) is 5.96 Å². The predicted molar refractivity (Wildman–Crippen MR) is 116 cm³/mol. The summed E-state index contributed by atoms with van der Waals surface area (Å²) in [7, 11) is 1.75. The lowest BCUT2D eigenvalue weighted by Crippen LogP contribution is -2.46. The van der Waals surface area contributed by atoms with Gasteiger partial charge in [-0.05, 0) is 31.4 Å². The van der Waals surface area contributed by atoms with Crippen molar-refractivity contribution >= 4 is 53.3 Å². The first kappa shape index (κ1) is 21.0. The number of anilines is 1. The molecule has 1 amide bonds. The summed E-state index contributed by atoms with van der Waals surface area (Å²) in [5, 5.41) is 10.3. The number of nitrogens with one attached hydrogen (secondary N) is 3. The lowest BCUT2D eigenvalue weighted by Gasteiger charge is -2.20. The van der Waals surface area contributed by atoms with Gasteiger partial charge >= 0.3 is 0 Å². The van der Waals surface area contributed by atoms with Crippen LogP contribution in [0, 0.1) is 5.92 Å². The summed E-state index contributed by atoms with van der Waals surface area (Å²) >= 11 is 6.23. The molecule has 2 aliphatic rings. The van der Waals surface area contributed by atoms with E-state index >= 15 is 0 Å². The molecule has 1 saturated heterocycles. The Morgan fingerprint density at radius 1 is 1.35 bits per heavy atom. The standard InChI is InChI=1S/C17H25ClN6O.HI/c1-19-17(22-9-8-21-16(25)12-4-5-12)23-13-6-10-24(11-13)15-14(18)3-2-7-20-15;/h2-3,7,12-13H,4-6,8-11H2,1H3,(H,21,25)(H2,19,22,23);1H. The normalized spacial score (nSPS) is 19.7. The molecule has 1 aliphatic carbocycles. The largest absolute Gasteiger partial charge is 0.355 e. The van der Waals surface area contributed by atoms with Crippen LogP contribution in [0.3, 0.4) is 0 Å². The average molecular weight is 493 g/mol. The summed E-state index contributed by atoms with van der Waals surface area (Å²) in [6, 6.07) is 3.98. The van der Waals surface area contributed by atoms with Gasteiger partial charge < -0.3 is 20.9 Å². The third-order valence-electron chi connectivity index (χ3n) is 4.46. The van der Waals surface area contributed by atoms with Gasteiger partial charge in [0.05, 0.1) is 5.02 Å². The number of amides is 1. The highest BCUT2D eigenvalue weighted by atomic mass is 127. The first-order valence-corrected chi connectivity index (χ1v) is 9.15. The highest BCUT2D eigenvalue weighted by molar-refractivity contribution is 14.0. The fourth-order valence-corrected chi connectivity index (χ4v) is 3.17. The number of carbonyl (C=O) groups excluding carboxylic acids is 1. The molecule has 7 nitrogen and oxygen atoms in total. The average Bonchev–Trinajstić information content (AvgIpc) is 3.37. The minimum Gasteiger partial charge on any atom is -0.355 e. The number of rotatable bonds is 6. The van der Waals surface area contributed by atoms with Gasteiger partial charge in [-0.2, -0.15) is 0 Å². The molecule has 2 heterocycles. The topological polar surface area (TPSA) is 81.6 Å². The zero-order valence-electron chi connectivity index (χ0n) is 14.9. The third kappa shape index (κ3) is 5.87. The smallest absolute Gasteiger partial charge is 0.223 e. The van der Waals surface area contributed by atoms with Gasteiger partial charge in [0.2, 0.25) is 5.91 Å². The number of pyridine rings is 1. The Balaban J connectivity index is 0.00000243. The van der Waals surface area contributed by atoms with E-state index in [-0.39, 0.29) is 41.8 Å². The van der Waals surface area contributed by atoms with Gasteiger partial charge in [-0.15, -0.1) is 24.0 Å². The molecule has 0 spiro atoms. The molecular weight excluding hydrogens is 467 g/mol. The number of aliphatic imine (C=N–C) groups is 1. The molecule has 3 N–H and O–H groups in total. The summed E-state index contributed by atoms with van der Waals surface area (Å²) in [5.74, 6) is 2.00. The maximum Gasteiger partial charge on any atom is 0.223 e. The quantitative estimate of drug-likeness (QED) is 0.243. The van der Waals surface area contributed by atoms with Crippen LogP contribution in [0.4, 0.5) is 5.82 Å². The van der Waals surface area contributed by atoms with Crippen molar-refractivity contribution in [3.05, 3.63) is 23.4 Å². The fraction of sp³-hybridized carbons (Fsp3) is 0.588. The van der Waals surface area contributed by atoms with Crippen LogP contribution >= 0.6 is 35.6 Å². The van der Waals surface area contributed by atoms with Gasteiger partial charge in [-0.3, -0.25) is 9.79 Å². The van der Waals surface area contributed by atoms with Crippen LogP contribution in [0.25, 0.3) is 0 Å². The number of carbonyl (C=O) groups is 1. The molecule has 2 fully saturated rings. The van der Waals surface area contributed by atoms with Crippen LogP contribution in [0.15, 0.2) is 23.3 Å². The number of nitrogens with zero attached hydrogens (tertiary/aromatic N) is 3. The molecule has 3 rings (SSSR count). The Hall–Kier alpha value is -1.29. The molecule has 1 aromatic heterocycles. The molecule has 9 heteroatoms. The first-order chi connectivity index (χ1) is 12.2. The SMILES string of the molecule is CN=C(NCCNC(=O)C1CC1)NC1CCN(c2ncccc2Cl)C1.I. The van der Waals surface area contributed by atoms with Gasteiger partial charge in [0, 0.05) is 51.4 Å². The molecule has 1 aromatic rings. The molecule has 1 saturated carbocycles. The van der Waals surface area contributed by atoms with E-state index < -0.39 is 0 Å². The fourth-order valence-electron chi connectivity index (χ4n) is 2.92. The van der Waals surface area contributed by atoms with Crippen molar-refractivity contribution in [3.8, 4) is 0 Å². The molecule has 0 aromatic carbocycles. The Bertz CT molecular complexity index is 639. The Kier molecular flexibility index (Phi) is 8.20. The van der Waals surface area contributed by atoms with Crippen LogP contribution in [-0.4, -0.2) is 56.1 Å². The number of halogens is 2. The lowest BCUT2D eigenvalue weighted by molar-refractivity contribution is -0.122. The molecular formula is C17H26ClIN6O. The predicted octanol–water partition coefficient (Wildman–Crippen LogP) is 1.62. The third-order valence-corrected chi connectivity index (χ3v) is 4.75. The monoisotopic (exact) mass is 492 g/mol. The summed E-state index contributed by atoms with van der Waals surface area (Å²) in [4.78, 5) is 22.4. The highest BCUT2D eigenvalue weighted by Gasteiger charge is 2.29. The Morgan fingerprint density at radius 2 is 2.12 bits per heavy atom. The number of aromatic nitrogens is 1. The maximum atomic E-state index is 11.6. The van der Waals surface area contributed by atoms with Crippen molar-refractivity contribution < 1.29 is 4.79 Å². The van der Waals surface area contributed by atoms with Gasteiger partial charge in [0.1, 0.15) is 5.82 Å². The Labute approximate surface area is 176 Å². The van der Waals surface area contributed by atoms with E-state index in [2.05, 4.69) is 30.8 Å². The molecule has 1 aliphatic heterocycles. The van der Waals surface area contributed by atoms with Crippen molar-refractivity contribution in [1.82, 2.24) is 20.9 Å². The number of hydrogen-bond donors (Lipinski definition) is 3. The Morgan fingerprint density at radius 3 is 2.81 bits per heavy atom. The first-order valence-electron chi connectivity index (χ1n) is 8.77. The van der Waals surface area contributed by atoms with E-state index in [0.29, 0.717) is 18.1 Å². The zero-order valence-corrected chi connectivity index (χ0v) is 18.0. The summed E-state index contributed by atoms with van der Waals surface area (Å²) in [6.45, 7) is 3.00. The van der Waals surface area contributed by atoms with Gasteiger partial charge in [-0.1, -0.05) is 11.6 Å². The second kappa shape index (κ2) is 10.1. The molecule has 1 unspecified atom stereocenters. The van der Waals surface area contributed by atoms with Crippen molar-refractivity contribution in [2.45, 2.75) is 25.3 Å². The highest BCUT2D eigenvalue weighted by Crippen LogP contribution is 2.28. The van der Waals surface area contributed by atoms with Crippen LogP contribution in [0.1, 0.15) is 19.3 Å². The van der Waals surface area contributed by atoms with Gasteiger partial charge in [-0.25, -0.2) is 4.98 Å². The van der Waals surface area contributed by atoms with Crippen LogP contribution < -0.4 is 20.9 Å². The molecule has 144 valence electrons. The molecule has 26 heavy (non-hydrogen) atoms. The van der Waals surface area contributed by atoms with Crippen LogP contribution in [0.5, 0.6) is 0 Å². The van der Waals surface area contributed by atoms with Crippen molar-refractivity contribution in [1.29, 1.82) is 0 Å². The van der Waals surface area contributed by atoms with Crippen LogP contribution in [-0.2, 0) is 4.79 Å². The summed E-state index contributed by atoms with van der Waals surface area (Å²) in [5.41, 5.74) is 0.